The summed E-state index contributed by atoms with van der Waals surface area (Å²) in [5, 5.41) is 0. The van der Waals surface area contributed by atoms with Crippen LogP contribution in [0.4, 0.5) is 0 Å². The Hall–Kier alpha value is -1.06. The molecule has 14 heavy (non-hydrogen) atoms. The van der Waals surface area contributed by atoms with Crippen LogP contribution in [0.1, 0.15) is 39.0 Å². The number of carbonyl (C=O) groups excluding carboxylic acids is 1. The first-order valence-corrected chi connectivity index (χ1v) is 5.36. The van der Waals surface area contributed by atoms with Crippen molar-refractivity contribution in [1.82, 2.24) is 4.90 Å². The number of nitrogens with two attached hydrogens (primary N) is 1. The van der Waals surface area contributed by atoms with Crippen LogP contribution in [-0.4, -0.2) is 29.9 Å². The summed E-state index contributed by atoms with van der Waals surface area (Å²) < 4.78 is 0. The highest BCUT2D eigenvalue weighted by Crippen LogP contribution is 2.05. The van der Waals surface area contributed by atoms with Gasteiger partial charge in [-0.15, -0.1) is 0 Å². The van der Waals surface area contributed by atoms with Gasteiger partial charge in [0.05, 0.1) is 0 Å². The molecule has 0 spiro atoms. The number of carbonyl (C=O) groups is 1. The highest BCUT2D eigenvalue weighted by Gasteiger charge is 2.16. The quantitative estimate of drug-likeness (QED) is 0.672. The summed E-state index contributed by atoms with van der Waals surface area (Å²) in [4.78, 5) is 16.6. The minimum absolute atomic E-state index is 0.0905. The van der Waals surface area contributed by atoms with Crippen LogP contribution in [0, 0.1) is 0 Å². The lowest BCUT2D eigenvalue weighted by Crippen LogP contribution is -2.42. The summed E-state index contributed by atoms with van der Waals surface area (Å²) >= 11 is 0. The van der Waals surface area contributed by atoms with E-state index in [-0.39, 0.29) is 5.91 Å². The monoisotopic (exact) mass is 197 g/mol. The smallest absolute Gasteiger partial charge is 0.250 e. The molecule has 0 aromatic heterocycles. The minimum Gasteiger partial charge on any atom is -0.369 e. The molecule has 0 aliphatic carbocycles. The first kappa shape index (κ1) is 11.0. The zero-order valence-electron chi connectivity index (χ0n) is 8.83. The standard InChI is InChI=1S/C10H19N3O/c1-2-3-4-5-7-13-8-6-9(14)12-10(13)11/h2-8H2,1H3,(H2,11,12,14). The van der Waals surface area contributed by atoms with Crippen LogP contribution in [0.25, 0.3) is 0 Å². The van der Waals surface area contributed by atoms with Gasteiger partial charge >= 0.3 is 0 Å². The predicted octanol–water partition coefficient (Wildman–Crippen LogP) is 1.11. The maximum Gasteiger partial charge on any atom is 0.250 e. The van der Waals surface area contributed by atoms with E-state index in [9.17, 15) is 4.79 Å². The van der Waals surface area contributed by atoms with Crippen molar-refractivity contribution in [1.29, 1.82) is 0 Å². The van der Waals surface area contributed by atoms with E-state index in [0.717, 1.165) is 19.5 Å². The van der Waals surface area contributed by atoms with Gasteiger partial charge in [0.2, 0.25) is 0 Å². The number of rotatable bonds is 5. The molecular weight excluding hydrogens is 178 g/mol. The van der Waals surface area contributed by atoms with Gasteiger partial charge in [0.25, 0.3) is 5.91 Å². The minimum atomic E-state index is -0.0905. The molecule has 1 aliphatic heterocycles. The van der Waals surface area contributed by atoms with E-state index in [1.165, 1.54) is 19.3 Å². The Kier molecular flexibility index (Phi) is 4.43. The first-order chi connectivity index (χ1) is 6.74. The number of amides is 1. The van der Waals surface area contributed by atoms with E-state index in [2.05, 4.69) is 11.9 Å². The third kappa shape index (κ3) is 3.36. The largest absolute Gasteiger partial charge is 0.369 e. The highest BCUT2D eigenvalue weighted by molar-refractivity contribution is 5.94. The molecule has 0 aromatic rings. The second-order valence-electron chi connectivity index (χ2n) is 3.66. The average Bonchev–Trinajstić information content (AvgIpc) is 2.15. The lowest BCUT2D eigenvalue weighted by Gasteiger charge is -2.25. The van der Waals surface area contributed by atoms with E-state index < -0.39 is 0 Å². The van der Waals surface area contributed by atoms with Crippen molar-refractivity contribution in [2.75, 3.05) is 13.1 Å². The van der Waals surface area contributed by atoms with Crippen molar-refractivity contribution in [2.45, 2.75) is 39.0 Å². The Balaban J connectivity index is 2.24. The van der Waals surface area contributed by atoms with Gasteiger partial charge in [0.1, 0.15) is 0 Å². The first-order valence-electron chi connectivity index (χ1n) is 5.36. The summed E-state index contributed by atoms with van der Waals surface area (Å²) in [5.74, 6) is 0.310. The van der Waals surface area contributed by atoms with Gasteiger partial charge in [-0.05, 0) is 6.42 Å². The zero-order chi connectivity index (χ0) is 10.4. The van der Waals surface area contributed by atoms with Crippen molar-refractivity contribution in [3.05, 3.63) is 0 Å². The molecule has 0 aromatic carbocycles. The van der Waals surface area contributed by atoms with Crippen molar-refractivity contribution in [3.8, 4) is 0 Å². The lowest BCUT2D eigenvalue weighted by atomic mass is 10.2. The fourth-order valence-corrected chi connectivity index (χ4v) is 1.56. The van der Waals surface area contributed by atoms with Crippen molar-refractivity contribution < 1.29 is 4.79 Å². The lowest BCUT2D eigenvalue weighted by molar-refractivity contribution is -0.118. The Labute approximate surface area is 85.2 Å². The van der Waals surface area contributed by atoms with E-state index >= 15 is 0 Å². The molecule has 0 fully saturated rings. The number of unbranched alkanes of at least 4 members (excludes halogenated alkanes) is 3. The SMILES string of the molecule is CCCCCCN1CCC(=O)N=C1N. The average molecular weight is 197 g/mol. The van der Waals surface area contributed by atoms with Gasteiger partial charge in [-0.1, -0.05) is 26.2 Å². The van der Waals surface area contributed by atoms with Crippen molar-refractivity contribution >= 4 is 11.9 Å². The summed E-state index contributed by atoms with van der Waals surface area (Å²) in [6, 6.07) is 0. The van der Waals surface area contributed by atoms with Crippen LogP contribution in [-0.2, 0) is 4.79 Å². The van der Waals surface area contributed by atoms with E-state index in [1.807, 2.05) is 4.90 Å². The van der Waals surface area contributed by atoms with Crippen LogP contribution < -0.4 is 5.73 Å². The maximum atomic E-state index is 10.9. The Bertz CT molecular complexity index is 225. The van der Waals surface area contributed by atoms with Gasteiger partial charge in [0.15, 0.2) is 5.96 Å². The fourth-order valence-electron chi connectivity index (χ4n) is 1.56. The summed E-state index contributed by atoms with van der Waals surface area (Å²) in [6.07, 6.45) is 5.38. The molecule has 0 atom stereocenters. The molecular formula is C10H19N3O. The van der Waals surface area contributed by atoms with Crippen LogP contribution in [0.2, 0.25) is 0 Å². The molecule has 1 rings (SSSR count). The van der Waals surface area contributed by atoms with E-state index in [1.54, 1.807) is 0 Å². The summed E-state index contributed by atoms with van der Waals surface area (Å²) in [5.41, 5.74) is 5.64. The van der Waals surface area contributed by atoms with Crippen LogP contribution in [0.5, 0.6) is 0 Å². The molecule has 0 saturated heterocycles. The summed E-state index contributed by atoms with van der Waals surface area (Å²) in [7, 11) is 0. The molecule has 2 N–H and O–H groups in total. The molecule has 80 valence electrons. The molecule has 4 heteroatoms. The van der Waals surface area contributed by atoms with Crippen molar-refractivity contribution in [3.63, 3.8) is 0 Å². The van der Waals surface area contributed by atoms with Crippen LogP contribution in [0.15, 0.2) is 4.99 Å². The highest BCUT2D eigenvalue weighted by atomic mass is 16.1. The molecule has 0 bridgehead atoms. The Morgan fingerprint density at radius 1 is 1.43 bits per heavy atom. The summed E-state index contributed by atoms with van der Waals surface area (Å²) in [6.45, 7) is 3.86. The number of nitrogens with zero attached hydrogens (tertiary/aromatic N) is 2. The number of hydrogen-bond acceptors (Lipinski definition) is 3. The van der Waals surface area contributed by atoms with Gasteiger partial charge in [-0.2, -0.15) is 4.99 Å². The topological polar surface area (TPSA) is 58.7 Å². The zero-order valence-corrected chi connectivity index (χ0v) is 8.83. The Morgan fingerprint density at radius 2 is 2.21 bits per heavy atom. The van der Waals surface area contributed by atoms with Crippen LogP contribution >= 0.6 is 0 Å². The van der Waals surface area contributed by atoms with Gasteiger partial charge in [-0.3, -0.25) is 4.79 Å². The Morgan fingerprint density at radius 3 is 2.86 bits per heavy atom. The molecule has 1 heterocycles. The van der Waals surface area contributed by atoms with E-state index in [0.29, 0.717) is 12.4 Å². The normalized spacial score (nSPS) is 17.1. The predicted molar refractivity (Wildman–Crippen MR) is 57.0 cm³/mol. The third-order valence-electron chi connectivity index (χ3n) is 2.44. The van der Waals surface area contributed by atoms with Gasteiger partial charge in [0, 0.05) is 19.5 Å². The molecule has 1 amide bonds. The molecule has 0 radical (unpaired) electrons. The van der Waals surface area contributed by atoms with Crippen LogP contribution in [0.3, 0.4) is 0 Å². The second-order valence-corrected chi connectivity index (χ2v) is 3.66. The van der Waals surface area contributed by atoms with E-state index in [4.69, 9.17) is 5.73 Å². The molecule has 0 saturated carbocycles. The maximum absolute atomic E-state index is 10.9. The number of aliphatic imine (C=N–C) groups is 1. The third-order valence-corrected chi connectivity index (χ3v) is 2.44. The van der Waals surface area contributed by atoms with Gasteiger partial charge < -0.3 is 10.6 Å². The molecule has 1 aliphatic rings. The molecule has 0 unspecified atom stereocenters. The molecule has 4 nitrogen and oxygen atoms in total. The second kappa shape index (κ2) is 5.62. The fraction of sp³-hybridized carbons (Fsp3) is 0.800. The van der Waals surface area contributed by atoms with Crippen molar-refractivity contribution in [2.24, 2.45) is 10.7 Å². The van der Waals surface area contributed by atoms with Gasteiger partial charge in [-0.25, -0.2) is 0 Å². The number of hydrogen-bond donors (Lipinski definition) is 1. The number of guanidine groups is 1.